The number of likely N-dealkylation sites (tertiary alicyclic amines) is 1. The highest BCUT2D eigenvalue weighted by molar-refractivity contribution is 4.95. The Bertz CT molecular complexity index is 629. The van der Waals surface area contributed by atoms with Crippen LogP contribution in [-0.2, 0) is 4.74 Å². The van der Waals surface area contributed by atoms with Gasteiger partial charge in [0.15, 0.2) is 5.82 Å². The van der Waals surface area contributed by atoms with Crippen LogP contribution in [0.4, 0.5) is 0 Å². The van der Waals surface area contributed by atoms with E-state index < -0.39 is 5.76 Å². The molecule has 1 atom stereocenters. The molecule has 2 aliphatic carbocycles. The second kappa shape index (κ2) is 10.1. The van der Waals surface area contributed by atoms with Crippen LogP contribution in [0.2, 0.25) is 0 Å². The van der Waals surface area contributed by atoms with Crippen molar-refractivity contribution in [2.75, 3.05) is 26.2 Å². The highest BCUT2D eigenvalue weighted by atomic mass is 16.5. The fourth-order valence-corrected chi connectivity index (χ4v) is 5.68. The van der Waals surface area contributed by atoms with Crippen LogP contribution in [0.15, 0.2) is 9.32 Å². The number of rotatable bonds is 7. The van der Waals surface area contributed by atoms with Gasteiger partial charge in [0.25, 0.3) is 0 Å². The van der Waals surface area contributed by atoms with E-state index in [9.17, 15) is 4.79 Å². The average Bonchev–Trinajstić information content (AvgIpc) is 3.17. The highest BCUT2D eigenvalue weighted by Gasteiger charge is 2.26. The van der Waals surface area contributed by atoms with Crippen molar-refractivity contribution in [1.82, 2.24) is 15.0 Å². The van der Waals surface area contributed by atoms with E-state index in [1.165, 1.54) is 64.2 Å². The number of ether oxygens (including phenoxy) is 1. The van der Waals surface area contributed by atoms with Crippen LogP contribution in [0.5, 0.6) is 0 Å². The minimum absolute atomic E-state index is 0.274. The molecule has 0 aromatic carbocycles. The molecule has 3 aliphatic rings. The number of piperidine rings is 1. The van der Waals surface area contributed by atoms with Crippen molar-refractivity contribution in [3.05, 3.63) is 16.4 Å². The summed E-state index contributed by atoms with van der Waals surface area (Å²) in [5.41, 5.74) is 0. The number of hydrogen-bond donors (Lipinski definition) is 1. The number of aromatic nitrogens is 2. The van der Waals surface area contributed by atoms with Crippen molar-refractivity contribution in [3.63, 3.8) is 0 Å². The van der Waals surface area contributed by atoms with Gasteiger partial charge in [0.05, 0.1) is 12.7 Å². The number of nitrogens with zero attached hydrogens (tertiary/aromatic N) is 2. The lowest BCUT2D eigenvalue weighted by Gasteiger charge is -2.34. The summed E-state index contributed by atoms with van der Waals surface area (Å²) in [5.74, 6) is 2.50. The molecule has 0 radical (unpaired) electrons. The lowest BCUT2D eigenvalue weighted by molar-refractivity contribution is 0.00176. The van der Waals surface area contributed by atoms with Crippen molar-refractivity contribution in [3.8, 4) is 0 Å². The average molecular weight is 392 g/mol. The molecular weight excluding hydrogens is 354 g/mol. The quantitative estimate of drug-likeness (QED) is 0.758. The Kier molecular flexibility index (Phi) is 7.24. The fourth-order valence-electron chi connectivity index (χ4n) is 5.68. The molecule has 1 aromatic rings. The standard InChI is InChI=1S/C22H37N3O3/c26-22-23-21(24-28-22)19-7-4-12-25(16-19)13-14-27-20-10-8-18(9-11-20)15-17-5-2-1-3-6-17/h17-20H,1-16H2,(H,23,24,26). The molecule has 1 aliphatic heterocycles. The molecule has 1 N–H and O–H groups in total. The van der Waals surface area contributed by atoms with Crippen LogP contribution in [-0.4, -0.2) is 47.4 Å². The van der Waals surface area contributed by atoms with Crippen molar-refractivity contribution in [2.45, 2.75) is 89.1 Å². The first-order valence-electron chi connectivity index (χ1n) is 11.7. The number of hydrogen-bond acceptors (Lipinski definition) is 5. The molecule has 4 rings (SSSR count). The third-order valence-electron chi connectivity index (χ3n) is 7.30. The topological polar surface area (TPSA) is 71.4 Å². The third-order valence-corrected chi connectivity index (χ3v) is 7.30. The maximum atomic E-state index is 11.2. The SMILES string of the molecule is O=c1[nH]c(C2CCCN(CCOC3CCC(CC4CCCCC4)CC3)C2)no1. The summed E-state index contributed by atoms with van der Waals surface area (Å²) < 4.78 is 10.9. The maximum absolute atomic E-state index is 11.2. The van der Waals surface area contributed by atoms with Gasteiger partial charge in [0.2, 0.25) is 0 Å². The van der Waals surface area contributed by atoms with Gasteiger partial charge in [-0.3, -0.25) is 9.51 Å². The Hall–Kier alpha value is -1.14. The second-order valence-corrected chi connectivity index (χ2v) is 9.37. The first-order chi connectivity index (χ1) is 13.8. The molecule has 1 aromatic heterocycles. The lowest BCUT2D eigenvalue weighted by Crippen LogP contribution is -2.37. The predicted octanol–water partition coefficient (Wildman–Crippen LogP) is 4.09. The Balaban J connectivity index is 1.12. The van der Waals surface area contributed by atoms with Crippen molar-refractivity contribution >= 4 is 0 Å². The van der Waals surface area contributed by atoms with E-state index in [1.807, 2.05) is 0 Å². The molecular formula is C22H37N3O3. The zero-order valence-electron chi connectivity index (χ0n) is 17.2. The monoisotopic (exact) mass is 391 g/mol. The van der Waals surface area contributed by atoms with Crippen molar-refractivity contribution in [2.24, 2.45) is 11.8 Å². The summed E-state index contributed by atoms with van der Waals surface area (Å²) in [6.07, 6.45) is 16.7. The lowest BCUT2D eigenvalue weighted by atomic mass is 9.77. The van der Waals surface area contributed by atoms with Gasteiger partial charge in [-0.1, -0.05) is 37.3 Å². The summed E-state index contributed by atoms with van der Waals surface area (Å²) in [6.45, 7) is 3.83. The fraction of sp³-hybridized carbons (Fsp3) is 0.909. The Labute approximate surface area is 168 Å². The van der Waals surface area contributed by atoms with E-state index in [2.05, 4.69) is 19.6 Å². The van der Waals surface area contributed by atoms with Crippen LogP contribution in [0.25, 0.3) is 0 Å². The first-order valence-corrected chi connectivity index (χ1v) is 11.7. The van der Waals surface area contributed by atoms with E-state index in [0.717, 1.165) is 50.9 Å². The largest absolute Gasteiger partial charge is 0.438 e. The number of aromatic amines is 1. The molecule has 2 heterocycles. The normalized spacial score (nSPS) is 30.5. The molecule has 2 saturated carbocycles. The van der Waals surface area contributed by atoms with Gasteiger partial charge < -0.3 is 9.64 Å². The van der Waals surface area contributed by atoms with E-state index >= 15 is 0 Å². The zero-order chi connectivity index (χ0) is 19.2. The first kappa shape index (κ1) is 20.1. The van der Waals surface area contributed by atoms with Gasteiger partial charge in [-0.05, 0) is 63.3 Å². The van der Waals surface area contributed by atoms with E-state index in [1.54, 1.807) is 0 Å². The van der Waals surface area contributed by atoms with Gasteiger partial charge in [-0.25, -0.2) is 4.79 Å². The van der Waals surface area contributed by atoms with Gasteiger partial charge in [0, 0.05) is 19.0 Å². The van der Waals surface area contributed by atoms with Gasteiger partial charge >= 0.3 is 5.76 Å². The minimum atomic E-state index is -0.449. The smallest absolute Gasteiger partial charge is 0.377 e. The highest BCUT2D eigenvalue weighted by Crippen LogP contribution is 2.36. The van der Waals surface area contributed by atoms with E-state index in [0.29, 0.717) is 11.9 Å². The molecule has 3 fully saturated rings. The molecule has 158 valence electrons. The van der Waals surface area contributed by atoms with Gasteiger partial charge in [-0.2, -0.15) is 0 Å². The second-order valence-electron chi connectivity index (χ2n) is 9.37. The zero-order valence-corrected chi connectivity index (χ0v) is 17.2. The molecule has 1 unspecified atom stereocenters. The third kappa shape index (κ3) is 5.69. The maximum Gasteiger partial charge on any atom is 0.438 e. The van der Waals surface area contributed by atoms with Crippen LogP contribution >= 0.6 is 0 Å². The van der Waals surface area contributed by atoms with Crippen molar-refractivity contribution in [1.29, 1.82) is 0 Å². The molecule has 1 saturated heterocycles. The van der Waals surface area contributed by atoms with Gasteiger partial charge in [0.1, 0.15) is 0 Å². The molecule has 0 spiro atoms. The van der Waals surface area contributed by atoms with Crippen LogP contribution in [0, 0.1) is 11.8 Å². The molecule has 0 bridgehead atoms. The summed E-state index contributed by atoms with van der Waals surface area (Å²) in [4.78, 5) is 16.3. The van der Waals surface area contributed by atoms with Gasteiger partial charge in [-0.15, -0.1) is 0 Å². The van der Waals surface area contributed by atoms with Crippen LogP contribution in [0.3, 0.4) is 0 Å². The Morgan fingerprint density at radius 1 is 1.00 bits per heavy atom. The van der Waals surface area contributed by atoms with Crippen LogP contribution < -0.4 is 5.76 Å². The number of nitrogens with one attached hydrogen (secondary N) is 1. The molecule has 6 nitrogen and oxygen atoms in total. The summed E-state index contributed by atoms with van der Waals surface area (Å²) in [5, 5.41) is 3.88. The van der Waals surface area contributed by atoms with E-state index in [-0.39, 0.29) is 5.92 Å². The Morgan fingerprint density at radius 3 is 2.54 bits per heavy atom. The summed E-state index contributed by atoms with van der Waals surface area (Å²) in [6, 6.07) is 0. The molecule has 6 heteroatoms. The molecule has 28 heavy (non-hydrogen) atoms. The van der Waals surface area contributed by atoms with Crippen molar-refractivity contribution < 1.29 is 9.26 Å². The summed E-state index contributed by atoms with van der Waals surface area (Å²) >= 11 is 0. The van der Waals surface area contributed by atoms with Crippen LogP contribution in [0.1, 0.15) is 88.8 Å². The minimum Gasteiger partial charge on any atom is -0.377 e. The number of H-pyrrole nitrogens is 1. The summed E-state index contributed by atoms with van der Waals surface area (Å²) in [7, 11) is 0. The Morgan fingerprint density at radius 2 is 1.79 bits per heavy atom. The molecule has 0 amide bonds. The van der Waals surface area contributed by atoms with E-state index in [4.69, 9.17) is 4.74 Å². The predicted molar refractivity (Wildman–Crippen MR) is 108 cm³/mol.